The highest BCUT2D eigenvalue weighted by Gasteiger charge is 2.02. The van der Waals surface area contributed by atoms with Crippen LogP contribution in [0, 0.1) is 6.92 Å². The summed E-state index contributed by atoms with van der Waals surface area (Å²) in [6, 6.07) is 1.97. The molecule has 0 aliphatic carbocycles. The largest absolute Gasteiger partial charge is 0.460 e. The molecule has 2 heterocycles. The van der Waals surface area contributed by atoms with E-state index in [1.54, 1.807) is 12.4 Å². The standard InChI is InChI=1S/C8H6BrNO/c1-5-2-6-3-10-4-7(9)8(6)11-5/h2-4H,1H3. The van der Waals surface area contributed by atoms with E-state index >= 15 is 0 Å². The van der Waals surface area contributed by atoms with E-state index in [1.165, 1.54) is 0 Å². The Hall–Kier alpha value is -0.830. The maximum Gasteiger partial charge on any atom is 0.151 e. The van der Waals surface area contributed by atoms with Crippen LogP contribution in [-0.4, -0.2) is 4.98 Å². The molecule has 0 aliphatic rings. The Balaban J connectivity index is 2.90. The Bertz CT molecular complexity index is 394. The van der Waals surface area contributed by atoms with Gasteiger partial charge < -0.3 is 4.42 Å². The summed E-state index contributed by atoms with van der Waals surface area (Å²) in [6.45, 7) is 1.92. The Morgan fingerprint density at radius 1 is 1.45 bits per heavy atom. The van der Waals surface area contributed by atoms with E-state index in [2.05, 4.69) is 20.9 Å². The maximum absolute atomic E-state index is 5.41. The van der Waals surface area contributed by atoms with Crippen LogP contribution in [0.3, 0.4) is 0 Å². The Kier molecular flexibility index (Phi) is 1.46. The molecule has 0 radical (unpaired) electrons. The number of aromatic nitrogens is 1. The van der Waals surface area contributed by atoms with Gasteiger partial charge in [-0.15, -0.1) is 0 Å². The molecule has 0 fully saturated rings. The first-order valence-corrected chi connectivity index (χ1v) is 4.06. The van der Waals surface area contributed by atoms with Crippen LogP contribution in [0.25, 0.3) is 11.0 Å². The monoisotopic (exact) mass is 211 g/mol. The van der Waals surface area contributed by atoms with E-state index in [1.807, 2.05) is 13.0 Å². The van der Waals surface area contributed by atoms with E-state index in [0.717, 1.165) is 21.2 Å². The van der Waals surface area contributed by atoms with Crippen molar-refractivity contribution in [2.24, 2.45) is 0 Å². The van der Waals surface area contributed by atoms with E-state index in [9.17, 15) is 0 Å². The molecule has 56 valence electrons. The number of hydrogen-bond donors (Lipinski definition) is 0. The van der Waals surface area contributed by atoms with Crippen LogP contribution >= 0.6 is 15.9 Å². The van der Waals surface area contributed by atoms with Crippen LogP contribution in [0.4, 0.5) is 0 Å². The number of furan rings is 1. The minimum absolute atomic E-state index is 0.873. The second-order valence-electron chi connectivity index (χ2n) is 2.40. The molecule has 2 rings (SSSR count). The molecule has 11 heavy (non-hydrogen) atoms. The third kappa shape index (κ3) is 1.05. The van der Waals surface area contributed by atoms with Gasteiger partial charge in [0.15, 0.2) is 5.58 Å². The Labute approximate surface area is 72.4 Å². The number of nitrogens with zero attached hydrogens (tertiary/aromatic N) is 1. The summed E-state index contributed by atoms with van der Waals surface area (Å²) in [5.74, 6) is 0.911. The van der Waals surface area contributed by atoms with Crippen LogP contribution in [0.2, 0.25) is 0 Å². The van der Waals surface area contributed by atoms with Crippen molar-refractivity contribution in [1.29, 1.82) is 0 Å². The lowest BCUT2D eigenvalue weighted by Gasteiger charge is -1.88. The lowest BCUT2D eigenvalue weighted by molar-refractivity contribution is 0.576. The fourth-order valence-electron chi connectivity index (χ4n) is 1.06. The molecule has 0 saturated heterocycles. The molecule has 2 aromatic heterocycles. The molecule has 0 amide bonds. The van der Waals surface area contributed by atoms with Crippen LogP contribution in [0.1, 0.15) is 5.76 Å². The normalized spacial score (nSPS) is 10.7. The fourth-order valence-corrected chi connectivity index (χ4v) is 1.49. The third-order valence-electron chi connectivity index (χ3n) is 1.50. The van der Waals surface area contributed by atoms with E-state index in [0.29, 0.717) is 0 Å². The zero-order chi connectivity index (χ0) is 7.84. The minimum atomic E-state index is 0.873. The molecule has 0 atom stereocenters. The molecule has 0 spiro atoms. The van der Waals surface area contributed by atoms with Crippen molar-refractivity contribution < 1.29 is 4.42 Å². The summed E-state index contributed by atoms with van der Waals surface area (Å²) in [4.78, 5) is 4.02. The van der Waals surface area contributed by atoms with Gasteiger partial charge in [0, 0.05) is 17.8 Å². The third-order valence-corrected chi connectivity index (χ3v) is 2.07. The quantitative estimate of drug-likeness (QED) is 0.670. The summed E-state index contributed by atoms with van der Waals surface area (Å²) < 4.78 is 6.32. The lowest BCUT2D eigenvalue weighted by atomic mass is 10.3. The fraction of sp³-hybridized carbons (Fsp3) is 0.125. The second kappa shape index (κ2) is 2.34. The SMILES string of the molecule is Cc1cc2cncc(Br)c2o1. The van der Waals surface area contributed by atoms with Gasteiger partial charge in [-0.05, 0) is 28.9 Å². The van der Waals surface area contributed by atoms with Crippen molar-refractivity contribution >= 4 is 26.9 Å². The topological polar surface area (TPSA) is 26.0 Å². The zero-order valence-corrected chi connectivity index (χ0v) is 7.55. The second-order valence-corrected chi connectivity index (χ2v) is 3.25. The van der Waals surface area contributed by atoms with E-state index < -0.39 is 0 Å². The van der Waals surface area contributed by atoms with Gasteiger partial charge in [-0.1, -0.05) is 0 Å². The van der Waals surface area contributed by atoms with E-state index in [-0.39, 0.29) is 0 Å². The Morgan fingerprint density at radius 2 is 2.27 bits per heavy atom. The van der Waals surface area contributed by atoms with Gasteiger partial charge in [-0.25, -0.2) is 0 Å². The van der Waals surface area contributed by atoms with Crippen LogP contribution in [0.5, 0.6) is 0 Å². The number of halogens is 1. The molecule has 0 aromatic carbocycles. The van der Waals surface area contributed by atoms with Crippen molar-refractivity contribution in [2.75, 3.05) is 0 Å². The first kappa shape index (κ1) is 6.85. The highest BCUT2D eigenvalue weighted by atomic mass is 79.9. The van der Waals surface area contributed by atoms with Crippen LogP contribution < -0.4 is 0 Å². The van der Waals surface area contributed by atoms with Crippen molar-refractivity contribution in [3.63, 3.8) is 0 Å². The number of rotatable bonds is 0. The first-order chi connectivity index (χ1) is 5.27. The highest BCUT2D eigenvalue weighted by Crippen LogP contribution is 2.24. The summed E-state index contributed by atoms with van der Waals surface area (Å²) >= 11 is 3.35. The summed E-state index contributed by atoms with van der Waals surface area (Å²) in [5.41, 5.74) is 0.873. The molecule has 0 unspecified atom stereocenters. The molecular weight excluding hydrogens is 206 g/mol. The highest BCUT2D eigenvalue weighted by molar-refractivity contribution is 9.10. The van der Waals surface area contributed by atoms with E-state index in [4.69, 9.17) is 4.42 Å². The zero-order valence-electron chi connectivity index (χ0n) is 5.97. The number of hydrogen-bond acceptors (Lipinski definition) is 2. The summed E-state index contributed by atoms with van der Waals surface area (Å²) in [7, 11) is 0. The molecule has 3 heteroatoms. The minimum Gasteiger partial charge on any atom is -0.460 e. The van der Waals surface area contributed by atoms with Crippen molar-refractivity contribution in [1.82, 2.24) is 4.98 Å². The summed E-state index contributed by atoms with van der Waals surface area (Å²) in [5, 5.41) is 1.04. The van der Waals surface area contributed by atoms with Crippen molar-refractivity contribution in [3.05, 3.63) is 28.7 Å². The number of fused-ring (bicyclic) bond motifs is 1. The molecule has 0 saturated carbocycles. The van der Waals surface area contributed by atoms with Gasteiger partial charge in [-0.2, -0.15) is 0 Å². The molecule has 2 nitrogen and oxygen atoms in total. The molecule has 0 bridgehead atoms. The number of pyridine rings is 1. The first-order valence-electron chi connectivity index (χ1n) is 3.27. The molecule has 2 aromatic rings. The number of aryl methyl sites for hydroxylation is 1. The van der Waals surface area contributed by atoms with Crippen molar-refractivity contribution in [3.8, 4) is 0 Å². The van der Waals surface area contributed by atoms with Crippen molar-refractivity contribution in [2.45, 2.75) is 6.92 Å². The molecular formula is C8H6BrNO. The Morgan fingerprint density at radius 3 is 3.00 bits per heavy atom. The van der Waals surface area contributed by atoms with Gasteiger partial charge in [0.2, 0.25) is 0 Å². The van der Waals surface area contributed by atoms with Gasteiger partial charge in [-0.3, -0.25) is 4.98 Å². The van der Waals surface area contributed by atoms with Gasteiger partial charge in [0.25, 0.3) is 0 Å². The summed E-state index contributed by atoms with van der Waals surface area (Å²) in [6.07, 6.45) is 3.52. The predicted octanol–water partition coefficient (Wildman–Crippen LogP) is 2.90. The maximum atomic E-state index is 5.41. The van der Waals surface area contributed by atoms with Gasteiger partial charge in [0.1, 0.15) is 5.76 Å². The average Bonchev–Trinajstić information content (AvgIpc) is 2.31. The van der Waals surface area contributed by atoms with Crippen LogP contribution in [-0.2, 0) is 0 Å². The smallest absolute Gasteiger partial charge is 0.151 e. The average molecular weight is 212 g/mol. The molecule has 0 N–H and O–H groups in total. The van der Waals surface area contributed by atoms with Crippen LogP contribution in [0.15, 0.2) is 27.3 Å². The molecule has 0 aliphatic heterocycles. The van der Waals surface area contributed by atoms with Gasteiger partial charge >= 0.3 is 0 Å². The van der Waals surface area contributed by atoms with Gasteiger partial charge in [0.05, 0.1) is 4.47 Å². The lowest BCUT2D eigenvalue weighted by Crippen LogP contribution is -1.70. The predicted molar refractivity (Wildman–Crippen MR) is 46.4 cm³/mol.